The zero-order valence-electron chi connectivity index (χ0n) is 20.3. The van der Waals surface area contributed by atoms with E-state index in [1.165, 1.54) is 25.3 Å². The highest BCUT2D eigenvalue weighted by Gasteiger charge is 2.66. The number of fused-ring (bicyclic) bond motifs is 1. The van der Waals surface area contributed by atoms with E-state index in [2.05, 4.69) is 5.32 Å². The van der Waals surface area contributed by atoms with E-state index in [1.54, 1.807) is 12.1 Å². The Labute approximate surface area is 221 Å². The first kappa shape index (κ1) is 28.7. The quantitative estimate of drug-likeness (QED) is 0.103. The van der Waals surface area contributed by atoms with Crippen LogP contribution in [0.15, 0.2) is 41.6 Å². The van der Waals surface area contributed by atoms with Crippen LogP contribution in [-0.4, -0.2) is 86.6 Å². The highest BCUT2D eigenvalue weighted by atomic mass is 32.2. The van der Waals surface area contributed by atoms with Gasteiger partial charge in [-0.3, -0.25) is 19.3 Å². The third-order valence-electron chi connectivity index (χ3n) is 5.89. The first-order chi connectivity index (χ1) is 18.0. The molecule has 3 rings (SSSR count). The summed E-state index contributed by atoms with van der Waals surface area (Å²) in [6.45, 7) is -0.375. The number of carbonyl (C=O) groups excluding carboxylic acids is 3. The van der Waals surface area contributed by atoms with Crippen LogP contribution < -0.4 is 11.1 Å². The lowest BCUT2D eigenvalue weighted by atomic mass is 9.97. The normalized spacial score (nSPS) is 21.5. The average molecular weight is 550 g/mol. The second-order valence-electron chi connectivity index (χ2n) is 8.45. The van der Waals surface area contributed by atoms with Gasteiger partial charge in [-0.15, -0.1) is 11.8 Å². The fraction of sp³-hybridized carbons (Fsp3) is 0.375. The van der Waals surface area contributed by atoms with Crippen LogP contribution in [0.4, 0.5) is 0 Å². The molecular formula is C24H27N3O10S. The molecule has 14 heteroatoms. The van der Waals surface area contributed by atoms with Gasteiger partial charge in [-0.1, -0.05) is 12.1 Å². The van der Waals surface area contributed by atoms with Crippen LogP contribution in [0, 0.1) is 0 Å². The van der Waals surface area contributed by atoms with Gasteiger partial charge in [0.15, 0.2) is 0 Å². The second-order valence-corrected chi connectivity index (χ2v) is 9.52. The maximum atomic E-state index is 13.1. The monoisotopic (exact) mass is 549 g/mol. The van der Waals surface area contributed by atoms with Crippen molar-refractivity contribution in [1.82, 2.24) is 10.2 Å². The van der Waals surface area contributed by atoms with Crippen molar-refractivity contribution in [2.75, 3.05) is 19.5 Å². The summed E-state index contributed by atoms with van der Waals surface area (Å²) in [6, 6.07) is 4.96. The average Bonchev–Trinajstić information content (AvgIpc) is 2.89. The number of carboxylic acid groups (broad SMARTS) is 2. The smallest absolute Gasteiger partial charge is 0.352 e. The molecule has 0 radical (unpaired) electrons. The molecule has 2 heterocycles. The molecule has 1 aromatic rings. The molecule has 6 N–H and O–H groups in total. The van der Waals surface area contributed by atoms with E-state index < -0.39 is 46.9 Å². The highest BCUT2D eigenvalue weighted by Crippen LogP contribution is 2.46. The minimum atomic E-state index is -1.80. The summed E-state index contributed by atoms with van der Waals surface area (Å²) in [5.41, 5.74) is 4.10. The molecular weight excluding hydrogens is 522 g/mol. The summed E-state index contributed by atoms with van der Waals surface area (Å²) in [6.07, 6.45) is 2.71. The van der Waals surface area contributed by atoms with Crippen molar-refractivity contribution >= 4 is 47.6 Å². The number of esters is 1. The summed E-state index contributed by atoms with van der Waals surface area (Å²) in [4.78, 5) is 61.5. The number of methoxy groups -OCH3 is 1. The molecule has 13 nitrogen and oxygen atoms in total. The van der Waals surface area contributed by atoms with Crippen molar-refractivity contribution in [3.63, 3.8) is 0 Å². The van der Waals surface area contributed by atoms with Crippen molar-refractivity contribution in [1.29, 1.82) is 0 Å². The van der Waals surface area contributed by atoms with E-state index in [-0.39, 0.29) is 48.6 Å². The number of nitrogens with zero attached hydrogens (tertiary/aromatic N) is 1. The molecule has 1 fully saturated rings. The fourth-order valence-electron chi connectivity index (χ4n) is 3.89. The number of β-lactam (4-membered cyclic amide) rings is 1. The number of phenolic OH excluding ortho intramolecular Hbond substituents is 1. The molecule has 1 saturated heterocycles. The van der Waals surface area contributed by atoms with Crippen LogP contribution in [0.2, 0.25) is 0 Å². The summed E-state index contributed by atoms with van der Waals surface area (Å²) >= 11 is 1.13. The van der Waals surface area contributed by atoms with E-state index in [9.17, 15) is 34.2 Å². The zero-order valence-corrected chi connectivity index (χ0v) is 21.1. The Morgan fingerprint density at radius 2 is 1.95 bits per heavy atom. The van der Waals surface area contributed by atoms with Crippen molar-refractivity contribution in [2.24, 2.45) is 5.73 Å². The van der Waals surface area contributed by atoms with Crippen LogP contribution in [0.25, 0.3) is 6.08 Å². The number of carboxylic acids is 2. The number of carbonyl (C=O) groups is 5. The number of phenols is 1. The van der Waals surface area contributed by atoms with Gasteiger partial charge < -0.3 is 35.8 Å². The van der Waals surface area contributed by atoms with Gasteiger partial charge in [0, 0.05) is 30.9 Å². The number of aromatic hydroxyl groups is 1. The number of ether oxygens (including phenoxy) is 2. The van der Waals surface area contributed by atoms with Crippen LogP contribution in [0.5, 0.6) is 5.75 Å². The van der Waals surface area contributed by atoms with Crippen molar-refractivity contribution < 1.29 is 48.8 Å². The molecule has 0 aromatic heterocycles. The topological polar surface area (TPSA) is 206 Å². The lowest BCUT2D eigenvalue weighted by Gasteiger charge is -2.55. The SMILES string of the molecule is CO[C@@]1(NC(=O)CCC[C@@H](N)C(=O)O)C(=O)N2C(C(=O)O)=C(COC(=O)/C=C/c3ccc(O)cc3)CS[C@@H]21. The molecule has 0 bridgehead atoms. The number of hydrogen-bond donors (Lipinski definition) is 5. The number of amides is 2. The van der Waals surface area contributed by atoms with E-state index in [0.717, 1.165) is 22.7 Å². The number of nitrogens with one attached hydrogen (secondary N) is 1. The van der Waals surface area contributed by atoms with Crippen LogP contribution in [0.3, 0.4) is 0 Å². The lowest BCUT2D eigenvalue weighted by Crippen LogP contribution is -2.80. The largest absolute Gasteiger partial charge is 0.508 e. The maximum absolute atomic E-state index is 13.1. The number of hydrogen-bond acceptors (Lipinski definition) is 10. The third kappa shape index (κ3) is 6.15. The van der Waals surface area contributed by atoms with E-state index in [1.807, 2.05) is 0 Å². The molecule has 0 saturated carbocycles. The lowest BCUT2D eigenvalue weighted by molar-refractivity contribution is -0.192. The van der Waals surface area contributed by atoms with Crippen LogP contribution in [-0.2, 0) is 33.4 Å². The summed E-state index contributed by atoms with van der Waals surface area (Å²) in [5, 5.41) is 29.6. The molecule has 1 aromatic carbocycles. The predicted octanol–water partition coefficient (Wildman–Crippen LogP) is 0.244. The Bertz CT molecular complexity index is 1180. The Kier molecular flexibility index (Phi) is 9.14. The molecule has 3 atom stereocenters. The van der Waals surface area contributed by atoms with Gasteiger partial charge in [-0.2, -0.15) is 0 Å². The van der Waals surface area contributed by atoms with Crippen LogP contribution in [0.1, 0.15) is 24.8 Å². The van der Waals surface area contributed by atoms with Gasteiger partial charge in [-0.05, 0) is 36.6 Å². The Hall–Kier alpha value is -3.88. The number of benzene rings is 1. The Balaban J connectivity index is 1.65. The molecule has 2 aliphatic rings. The first-order valence-electron chi connectivity index (χ1n) is 11.4. The highest BCUT2D eigenvalue weighted by molar-refractivity contribution is 8.00. The molecule has 38 heavy (non-hydrogen) atoms. The molecule has 0 spiro atoms. The fourth-order valence-corrected chi connectivity index (χ4v) is 5.31. The van der Waals surface area contributed by atoms with Gasteiger partial charge >= 0.3 is 17.9 Å². The van der Waals surface area contributed by atoms with Crippen molar-refractivity contribution in [3.05, 3.63) is 47.2 Å². The Morgan fingerprint density at radius 3 is 2.55 bits per heavy atom. The van der Waals surface area contributed by atoms with Crippen molar-refractivity contribution in [2.45, 2.75) is 36.4 Å². The summed E-state index contributed by atoms with van der Waals surface area (Å²) in [5.74, 6) is -4.57. The van der Waals surface area contributed by atoms with E-state index in [0.29, 0.717) is 5.56 Å². The third-order valence-corrected chi connectivity index (χ3v) is 7.26. The van der Waals surface area contributed by atoms with Crippen molar-refractivity contribution in [3.8, 4) is 5.75 Å². The summed E-state index contributed by atoms with van der Waals surface area (Å²) in [7, 11) is 1.21. The molecule has 2 amide bonds. The number of thioether (sulfide) groups is 1. The first-order valence-corrected chi connectivity index (χ1v) is 12.4. The maximum Gasteiger partial charge on any atom is 0.352 e. The van der Waals surface area contributed by atoms with Gasteiger partial charge in [0.2, 0.25) is 5.91 Å². The molecule has 0 aliphatic carbocycles. The van der Waals surface area contributed by atoms with Crippen LogP contribution >= 0.6 is 11.8 Å². The molecule has 2 aliphatic heterocycles. The Morgan fingerprint density at radius 1 is 1.26 bits per heavy atom. The number of rotatable bonds is 12. The number of nitrogens with two attached hydrogens (primary N) is 1. The van der Waals surface area contributed by atoms with E-state index >= 15 is 0 Å². The molecule has 204 valence electrons. The van der Waals surface area contributed by atoms with E-state index in [4.69, 9.17) is 20.3 Å². The van der Waals surface area contributed by atoms with Gasteiger partial charge in [0.25, 0.3) is 11.6 Å². The summed E-state index contributed by atoms with van der Waals surface area (Å²) < 4.78 is 10.5. The standard InChI is InChI=1S/C24H27N3O10S/c1-36-24(26-17(29)4-2-3-16(25)20(31)32)22(35)27-19(21(33)34)14(12-38-23(24)27)11-37-18(30)10-7-13-5-8-15(28)9-6-13/h5-10,16,23,28H,2-4,11-12,25H2,1H3,(H,26,29)(H,31,32)(H,33,34)/b10-7+/t16-,23-,24+/m1/s1. The molecule has 0 unspecified atom stereocenters. The zero-order chi connectivity index (χ0) is 28.0. The minimum absolute atomic E-state index is 0.0547. The second kappa shape index (κ2) is 12.1. The van der Waals surface area contributed by atoms with Gasteiger partial charge in [0.1, 0.15) is 29.5 Å². The minimum Gasteiger partial charge on any atom is -0.508 e. The van der Waals surface area contributed by atoms with Gasteiger partial charge in [0.05, 0.1) is 0 Å². The predicted molar refractivity (Wildman–Crippen MR) is 133 cm³/mol. The van der Waals surface area contributed by atoms with Gasteiger partial charge in [-0.25, -0.2) is 9.59 Å². The number of aliphatic carboxylic acids is 2.